The van der Waals surface area contributed by atoms with E-state index in [-0.39, 0.29) is 30.6 Å². The van der Waals surface area contributed by atoms with E-state index in [1.54, 1.807) is 0 Å². The van der Waals surface area contributed by atoms with Crippen LogP contribution in [0.15, 0.2) is 54.6 Å². The van der Waals surface area contributed by atoms with Gasteiger partial charge in [-0.15, -0.1) is 0 Å². The molecule has 0 spiro atoms. The number of methoxy groups -OCH3 is 1. The van der Waals surface area contributed by atoms with Crippen LogP contribution in [0.5, 0.6) is 0 Å². The third-order valence-electron chi connectivity index (χ3n) is 5.37. The van der Waals surface area contributed by atoms with Crippen LogP contribution in [0.25, 0.3) is 11.1 Å². The molecule has 1 aliphatic rings. The summed E-state index contributed by atoms with van der Waals surface area (Å²) < 4.78 is 4.58. The first-order valence-electron chi connectivity index (χ1n) is 10.6. The minimum absolute atomic E-state index is 0.0894. The predicted molar refractivity (Wildman–Crippen MR) is 118 cm³/mol. The molecule has 1 saturated heterocycles. The first-order chi connectivity index (χ1) is 15.1. The van der Waals surface area contributed by atoms with Crippen LogP contribution in [0.2, 0.25) is 0 Å². The number of hydrogen-bond acceptors (Lipinski definition) is 5. The maximum atomic E-state index is 12.4. The Hall–Kier alpha value is -3.19. The van der Waals surface area contributed by atoms with E-state index in [4.69, 9.17) is 0 Å². The lowest BCUT2D eigenvalue weighted by Gasteiger charge is -2.34. The van der Waals surface area contributed by atoms with Gasteiger partial charge in [-0.3, -0.25) is 19.3 Å². The second-order valence-electron chi connectivity index (χ2n) is 7.57. The molecule has 1 atom stereocenters. The molecule has 1 heterocycles. The number of piperazine rings is 1. The molecule has 1 fully saturated rings. The molecule has 164 valence electrons. The van der Waals surface area contributed by atoms with Gasteiger partial charge in [-0.25, -0.2) is 0 Å². The van der Waals surface area contributed by atoms with Crippen LogP contribution < -0.4 is 10.6 Å². The minimum Gasteiger partial charge on any atom is -0.469 e. The zero-order valence-corrected chi connectivity index (χ0v) is 17.8. The maximum absolute atomic E-state index is 12.4. The molecular formula is C24H29N3O4. The van der Waals surface area contributed by atoms with E-state index in [0.29, 0.717) is 32.6 Å². The average molecular weight is 424 g/mol. The van der Waals surface area contributed by atoms with Crippen molar-refractivity contribution in [2.45, 2.75) is 31.8 Å². The third-order valence-corrected chi connectivity index (χ3v) is 5.37. The van der Waals surface area contributed by atoms with Crippen LogP contribution >= 0.6 is 0 Å². The lowest BCUT2D eigenvalue weighted by molar-refractivity contribution is -0.140. The molecular weight excluding hydrogens is 394 g/mol. The van der Waals surface area contributed by atoms with Gasteiger partial charge in [-0.2, -0.15) is 0 Å². The number of carbonyl (C=O) groups is 3. The van der Waals surface area contributed by atoms with Crippen LogP contribution in [0.4, 0.5) is 0 Å². The zero-order chi connectivity index (χ0) is 22.1. The summed E-state index contributed by atoms with van der Waals surface area (Å²) in [6, 6.07) is 18.0. The zero-order valence-electron chi connectivity index (χ0n) is 17.8. The lowest BCUT2D eigenvalue weighted by atomic mass is 10.0. The van der Waals surface area contributed by atoms with Crippen LogP contribution in [0.3, 0.4) is 0 Å². The molecule has 0 bridgehead atoms. The van der Waals surface area contributed by atoms with Crippen LogP contribution in [-0.2, 0) is 25.7 Å². The summed E-state index contributed by atoms with van der Waals surface area (Å²) >= 11 is 0. The Morgan fingerprint density at radius 3 is 2.52 bits per heavy atom. The lowest BCUT2D eigenvalue weighted by Crippen LogP contribution is -2.56. The number of esters is 1. The molecule has 0 saturated carbocycles. The minimum atomic E-state index is -0.511. The summed E-state index contributed by atoms with van der Waals surface area (Å²) in [6.07, 6.45) is 0.852. The van der Waals surface area contributed by atoms with E-state index in [0.717, 1.165) is 16.7 Å². The van der Waals surface area contributed by atoms with Crippen molar-refractivity contribution in [3.05, 3.63) is 60.2 Å². The van der Waals surface area contributed by atoms with Crippen LogP contribution in [0.1, 0.15) is 24.8 Å². The monoisotopic (exact) mass is 423 g/mol. The van der Waals surface area contributed by atoms with Crippen molar-refractivity contribution in [3.8, 4) is 11.1 Å². The van der Waals surface area contributed by atoms with Crippen molar-refractivity contribution < 1.29 is 19.1 Å². The van der Waals surface area contributed by atoms with E-state index in [1.807, 2.05) is 23.1 Å². The van der Waals surface area contributed by atoms with Gasteiger partial charge in [0.25, 0.3) is 0 Å². The number of amides is 2. The van der Waals surface area contributed by atoms with E-state index < -0.39 is 6.04 Å². The van der Waals surface area contributed by atoms with Gasteiger partial charge in [0, 0.05) is 32.6 Å². The number of rotatable bonds is 9. The summed E-state index contributed by atoms with van der Waals surface area (Å²) in [7, 11) is 1.34. The summed E-state index contributed by atoms with van der Waals surface area (Å²) in [5.74, 6) is -0.626. The van der Waals surface area contributed by atoms with Crippen molar-refractivity contribution in [1.82, 2.24) is 15.5 Å². The topological polar surface area (TPSA) is 87.7 Å². The molecule has 7 nitrogen and oxygen atoms in total. The van der Waals surface area contributed by atoms with Gasteiger partial charge in [0.1, 0.15) is 0 Å². The second kappa shape index (κ2) is 11.3. The van der Waals surface area contributed by atoms with E-state index in [1.165, 1.54) is 7.11 Å². The fraction of sp³-hybridized carbons (Fsp3) is 0.375. The van der Waals surface area contributed by atoms with E-state index in [2.05, 4.69) is 51.8 Å². The molecule has 0 aliphatic carbocycles. The normalized spacial score (nSPS) is 16.4. The van der Waals surface area contributed by atoms with Gasteiger partial charge in [0.2, 0.25) is 11.8 Å². The first-order valence-corrected chi connectivity index (χ1v) is 10.6. The Kier molecular flexibility index (Phi) is 8.18. The molecule has 2 aromatic carbocycles. The molecule has 2 N–H and O–H groups in total. The first kappa shape index (κ1) is 22.5. The molecule has 7 heteroatoms. The molecule has 31 heavy (non-hydrogen) atoms. The number of nitrogens with one attached hydrogen (secondary N) is 2. The van der Waals surface area contributed by atoms with Crippen molar-refractivity contribution in [3.63, 3.8) is 0 Å². The number of hydrogen-bond donors (Lipinski definition) is 2. The number of benzene rings is 2. The highest BCUT2D eigenvalue weighted by atomic mass is 16.5. The highest BCUT2D eigenvalue weighted by molar-refractivity contribution is 5.88. The van der Waals surface area contributed by atoms with Gasteiger partial charge in [-0.1, -0.05) is 54.6 Å². The Morgan fingerprint density at radius 2 is 1.81 bits per heavy atom. The highest BCUT2D eigenvalue weighted by Gasteiger charge is 2.31. The summed E-state index contributed by atoms with van der Waals surface area (Å²) in [6.45, 7) is 2.23. The Balaban J connectivity index is 1.56. The van der Waals surface area contributed by atoms with E-state index in [9.17, 15) is 14.4 Å². The maximum Gasteiger partial charge on any atom is 0.305 e. The molecule has 3 rings (SSSR count). The second-order valence-corrected chi connectivity index (χ2v) is 7.57. The molecule has 1 aliphatic heterocycles. The Bertz CT molecular complexity index is 883. The average Bonchev–Trinajstić information content (AvgIpc) is 2.80. The smallest absolute Gasteiger partial charge is 0.305 e. The number of nitrogens with zero attached hydrogens (tertiary/aromatic N) is 1. The SMILES string of the molecule is COC(=O)CCCNC(=O)CC1C(=O)NCCN1Cc1ccc(-c2ccccc2)cc1. The molecule has 1 unspecified atom stereocenters. The Labute approximate surface area is 182 Å². The van der Waals surface area contributed by atoms with Crippen molar-refractivity contribution >= 4 is 17.8 Å². The number of ether oxygens (including phenoxy) is 1. The summed E-state index contributed by atoms with van der Waals surface area (Å²) in [5.41, 5.74) is 3.40. The van der Waals surface area contributed by atoms with Gasteiger partial charge in [0.15, 0.2) is 0 Å². The Morgan fingerprint density at radius 1 is 1.10 bits per heavy atom. The highest BCUT2D eigenvalue weighted by Crippen LogP contribution is 2.21. The number of carbonyl (C=O) groups excluding carboxylic acids is 3. The predicted octanol–water partition coefficient (Wildman–Crippen LogP) is 2.11. The summed E-state index contributed by atoms with van der Waals surface area (Å²) in [4.78, 5) is 38.0. The quantitative estimate of drug-likeness (QED) is 0.477. The van der Waals surface area contributed by atoms with Gasteiger partial charge in [0.05, 0.1) is 19.6 Å². The molecule has 0 aromatic heterocycles. The van der Waals surface area contributed by atoms with Gasteiger partial charge < -0.3 is 15.4 Å². The summed E-state index contributed by atoms with van der Waals surface area (Å²) in [5, 5.41) is 5.64. The van der Waals surface area contributed by atoms with Gasteiger partial charge >= 0.3 is 5.97 Å². The molecule has 2 amide bonds. The fourth-order valence-corrected chi connectivity index (χ4v) is 3.65. The third kappa shape index (κ3) is 6.65. The van der Waals surface area contributed by atoms with Crippen molar-refractivity contribution in [2.24, 2.45) is 0 Å². The van der Waals surface area contributed by atoms with Crippen LogP contribution in [-0.4, -0.2) is 55.5 Å². The molecule has 2 aromatic rings. The van der Waals surface area contributed by atoms with E-state index >= 15 is 0 Å². The van der Waals surface area contributed by atoms with Crippen molar-refractivity contribution in [2.75, 3.05) is 26.7 Å². The van der Waals surface area contributed by atoms with Crippen LogP contribution in [0, 0.1) is 0 Å². The fourth-order valence-electron chi connectivity index (χ4n) is 3.65. The van der Waals surface area contributed by atoms with Crippen molar-refractivity contribution in [1.29, 1.82) is 0 Å². The molecule has 0 radical (unpaired) electrons. The van der Waals surface area contributed by atoms with Gasteiger partial charge in [-0.05, 0) is 23.1 Å². The largest absolute Gasteiger partial charge is 0.469 e. The standard InChI is InChI=1S/C24H29N3O4/c1-31-23(29)8-5-13-25-22(28)16-21-24(30)26-14-15-27(21)17-18-9-11-20(12-10-18)19-6-3-2-4-7-19/h2-4,6-7,9-12,21H,5,8,13-17H2,1H3,(H,25,28)(H,26,30).